The first-order valence-electron chi connectivity index (χ1n) is 14.7. The van der Waals surface area contributed by atoms with E-state index in [4.69, 9.17) is 0 Å². The molecular weight excluding hydrogens is 472 g/mol. The first-order chi connectivity index (χ1) is 19.3. The second-order valence-electron chi connectivity index (χ2n) is 9.50. The van der Waals surface area contributed by atoms with Crippen LogP contribution < -0.4 is 0 Å². The summed E-state index contributed by atoms with van der Waals surface area (Å²) in [4.78, 5) is 2.52. The van der Waals surface area contributed by atoms with Gasteiger partial charge in [0.15, 0.2) is 0 Å². The molecule has 7 aromatic rings. The summed E-state index contributed by atoms with van der Waals surface area (Å²) >= 11 is 0. The molecule has 2 nitrogen and oxygen atoms in total. The van der Waals surface area contributed by atoms with Crippen LogP contribution in [0.1, 0.15) is 41.5 Å². The minimum atomic E-state index is 0.873. The summed E-state index contributed by atoms with van der Waals surface area (Å²) in [7, 11) is 0. The van der Waals surface area contributed by atoms with Crippen molar-refractivity contribution in [1.82, 2.24) is 9.47 Å². The maximum absolute atomic E-state index is 2.61. The third-order valence-corrected chi connectivity index (χ3v) is 7.84. The van der Waals surface area contributed by atoms with Crippen LogP contribution >= 0.6 is 0 Å². The molecule has 0 amide bonds. The van der Waals surface area contributed by atoms with Crippen molar-refractivity contribution in [3.05, 3.63) is 97.1 Å². The standard InChI is InChI=1S/C33H28N2.2C2H6/c1-3-34(4-2)21-35-32-28-19-11-7-15-24(28)22-13-5-9-17-26(22)30(32)31-27-18-10-6-14-23(27)25-16-8-12-20-29(25)33(31)35;2*1-2/h5-20H,3-4,21H2,1-2H3;2*1-2H3. The third kappa shape index (κ3) is 4.15. The van der Waals surface area contributed by atoms with Crippen LogP contribution in [0.15, 0.2) is 97.1 Å². The highest BCUT2D eigenvalue weighted by atomic mass is 15.2. The van der Waals surface area contributed by atoms with Gasteiger partial charge in [0.2, 0.25) is 0 Å². The Labute approximate surface area is 232 Å². The molecule has 0 saturated carbocycles. The second-order valence-corrected chi connectivity index (χ2v) is 9.50. The molecule has 0 fully saturated rings. The molecule has 0 aliphatic rings. The fourth-order valence-corrected chi connectivity index (χ4v) is 6.19. The highest BCUT2D eigenvalue weighted by Gasteiger charge is 2.22. The Morgan fingerprint density at radius 3 is 1.05 bits per heavy atom. The van der Waals surface area contributed by atoms with Gasteiger partial charge < -0.3 is 4.57 Å². The van der Waals surface area contributed by atoms with E-state index in [1.807, 2.05) is 27.7 Å². The Morgan fingerprint density at radius 1 is 0.436 bits per heavy atom. The Bertz CT molecular complexity index is 1770. The molecule has 0 atom stereocenters. The van der Waals surface area contributed by atoms with Crippen molar-refractivity contribution in [3.8, 4) is 0 Å². The van der Waals surface area contributed by atoms with E-state index in [2.05, 4.69) is 120 Å². The van der Waals surface area contributed by atoms with E-state index in [1.54, 1.807) is 0 Å². The lowest BCUT2D eigenvalue weighted by Crippen LogP contribution is -2.25. The first-order valence-corrected chi connectivity index (χ1v) is 14.7. The zero-order valence-electron chi connectivity index (χ0n) is 24.3. The number of hydrogen-bond donors (Lipinski definition) is 0. The number of aromatic nitrogens is 1. The lowest BCUT2D eigenvalue weighted by molar-refractivity contribution is 0.250. The van der Waals surface area contributed by atoms with Gasteiger partial charge in [0.25, 0.3) is 0 Å². The number of benzene rings is 6. The molecule has 1 aromatic heterocycles. The maximum Gasteiger partial charge on any atom is 0.0757 e. The van der Waals surface area contributed by atoms with Gasteiger partial charge in [-0.05, 0) is 45.4 Å². The molecule has 0 radical (unpaired) electrons. The Kier molecular flexibility index (Phi) is 7.86. The van der Waals surface area contributed by atoms with Crippen molar-refractivity contribution in [2.75, 3.05) is 13.1 Å². The zero-order chi connectivity index (χ0) is 27.5. The predicted molar refractivity (Wildman–Crippen MR) is 175 cm³/mol. The summed E-state index contributed by atoms with van der Waals surface area (Å²) in [5.41, 5.74) is 2.70. The van der Waals surface area contributed by atoms with E-state index < -0.39 is 0 Å². The normalized spacial score (nSPS) is 11.4. The van der Waals surface area contributed by atoms with Crippen molar-refractivity contribution in [2.24, 2.45) is 0 Å². The zero-order valence-corrected chi connectivity index (χ0v) is 24.3. The molecule has 0 spiro atoms. The summed E-state index contributed by atoms with van der Waals surface area (Å²) in [5, 5.41) is 13.4. The van der Waals surface area contributed by atoms with Gasteiger partial charge in [-0.1, -0.05) is 139 Å². The second kappa shape index (κ2) is 11.5. The molecular formula is C37H40N2. The molecule has 7 rings (SSSR count). The minimum absolute atomic E-state index is 0.873. The van der Waals surface area contributed by atoms with E-state index in [-0.39, 0.29) is 0 Å². The monoisotopic (exact) mass is 512 g/mol. The first kappa shape index (κ1) is 26.7. The van der Waals surface area contributed by atoms with E-state index in [0.29, 0.717) is 0 Å². The van der Waals surface area contributed by atoms with Crippen LogP contribution in [0.4, 0.5) is 0 Å². The van der Waals surface area contributed by atoms with Crippen molar-refractivity contribution in [1.29, 1.82) is 0 Å². The molecule has 0 saturated heterocycles. The highest BCUT2D eigenvalue weighted by Crippen LogP contribution is 2.46. The number of rotatable bonds is 4. The minimum Gasteiger partial charge on any atom is -0.326 e. The van der Waals surface area contributed by atoms with Gasteiger partial charge in [-0.2, -0.15) is 0 Å². The van der Waals surface area contributed by atoms with E-state index in [9.17, 15) is 0 Å². The van der Waals surface area contributed by atoms with Gasteiger partial charge in [-0.15, -0.1) is 0 Å². The van der Waals surface area contributed by atoms with Crippen molar-refractivity contribution < 1.29 is 0 Å². The SMILES string of the molecule is CC.CC.CCN(CC)Cn1c2c3ccccc3c3ccccc3c2c2c3ccccc3c3ccccc3c21. The molecule has 0 aliphatic heterocycles. The molecule has 0 N–H and O–H groups in total. The third-order valence-electron chi connectivity index (χ3n) is 7.84. The molecule has 2 heteroatoms. The van der Waals surface area contributed by atoms with Gasteiger partial charge in [-0.25, -0.2) is 0 Å². The van der Waals surface area contributed by atoms with Crippen molar-refractivity contribution in [2.45, 2.75) is 48.2 Å². The number of nitrogens with zero attached hydrogens (tertiary/aromatic N) is 2. The van der Waals surface area contributed by atoms with Crippen LogP contribution in [0.3, 0.4) is 0 Å². The number of fused-ring (bicyclic) bond motifs is 13. The molecule has 0 aliphatic carbocycles. The summed E-state index contributed by atoms with van der Waals surface area (Å²) < 4.78 is 2.61. The largest absolute Gasteiger partial charge is 0.326 e. The van der Waals surface area contributed by atoms with Gasteiger partial charge in [0.1, 0.15) is 0 Å². The van der Waals surface area contributed by atoms with E-state index in [1.165, 1.54) is 64.9 Å². The lowest BCUT2D eigenvalue weighted by atomic mass is 9.93. The van der Waals surface area contributed by atoms with Crippen molar-refractivity contribution >= 4 is 64.9 Å². The van der Waals surface area contributed by atoms with Crippen LogP contribution in [-0.2, 0) is 6.67 Å². The smallest absolute Gasteiger partial charge is 0.0757 e. The molecule has 0 unspecified atom stereocenters. The quantitative estimate of drug-likeness (QED) is 0.213. The Hall–Kier alpha value is -3.88. The van der Waals surface area contributed by atoms with Crippen LogP contribution in [0.25, 0.3) is 64.9 Å². The van der Waals surface area contributed by atoms with Crippen molar-refractivity contribution in [3.63, 3.8) is 0 Å². The van der Waals surface area contributed by atoms with Crippen LogP contribution in [0, 0.1) is 0 Å². The fraction of sp³-hybridized carbons (Fsp3) is 0.243. The summed E-state index contributed by atoms with van der Waals surface area (Å²) in [5.74, 6) is 0. The topological polar surface area (TPSA) is 8.17 Å². The molecule has 0 bridgehead atoms. The van der Waals surface area contributed by atoms with Crippen LogP contribution in [0.5, 0.6) is 0 Å². The van der Waals surface area contributed by atoms with Gasteiger partial charge in [-0.3, -0.25) is 4.90 Å². The average Bonchev–Trinajstić information content (AvgIpc) is 3.37. The highest BCUT2D eigenvalue weighted by molar-refractivity contribution is 6.39. The van der Waals surface area contributed by atoms with Crippen LogP contribution in [-0.4, -0.2) is 22.6 Å². The Morgan fingerprint density at radius 2 is 0.718 bits per heavy atom. The Balaban J connectivity index is 0.000000738. The molecule has 198 valence electrons. The maximum atomic E-state index is 2.61. The summed E-state index contributed by atoms with van der Waals surface area (Å²) in [6, 6.07) is 35.8. The predicted octanol–water partition coefficient (Wildman–Crippen LogP) is 10.8. The summed E-state index contributed by atoms with van der Waals surface area (Å²) in [6.45, 7) is 15.4. The van der Waals surface area contributed by atoms with Gasteiger partial charge in [0, 0.05) is 21.5 Å². The van der Waals surface area contributed by atoms with Gasteiger partial charge in [0.05, 0.1) is 17.7 Å². The lowest BCUT2D eigenvalue weighted by Gasteiger charge is -2.22. The molecule has 1 heterocycles. The average molecular weight is 513 g/mol. The molecule has 39 heavy (non-hydrogen) atoms. The van der Waals surface area contributed by atoms with E-state index >= 15 is 0 Å². The summed E-state index contributed by atoms with van der Waals surface area (Å²) in [6.07, 6.45) is 0. The molecule has 6 aromatic carbocycles. The van der Waals surface area contributed by atoms with E-state index in [0.717, 1.165) is 19.8 Å². The van der Waals surface area contributed by atoms with Gasteiger partial charge >= 0.3 is 0 Å². The van der Waals surface area contributed by atoms with Crippen LogP contribution in [0.2, 0.25) is 0 Å². The fourth-order valence-electron chi connectivity index (χ4n) is 6.19. The number of hydrogen-bond acceptors (Lipinski definition) is 1.